The molecule has 4 rings (SSSR count). The summed E-state index contributed by atoms with van der Waals surface area (Å²) in [5, 5.41) is 20.1. The van der Waals surface area contributed by atoms with E-state index in [1.54, 1.807) is 6.07 Å². The number of piperidine rings is 1. The lowest BCUT2D eigenvalue weighted by molar-refractivity contribution is -0.138. The van der Waals surface area contributed by atoms with Crippen LogP contribution in [0.4, 0.5) is 4.39 Å². The maximum atomic E-state index is 13.4. The topological polar surface area (TPSA) is 115 Å². The Morgan fingerprint density at radius 2 is 2.17 bits per heavy atom. The number of ether oxygens (including phenoxy) is 2. The Bertz CT molecular complexity index is 930. The average molecular weight is 469 g/mol. The van der Waals surface area contributed by atoms with E-state index >= 15 is 0 Å². The van der Waals surface area contributed by atoms with Crippen molar-refractivity contribution in [2.45, 2.75) is 31.5 Å². The second kappa shape index (κ2) is 8.31. The van der Waals surface area contributed by atoms with Gasteiger partial charge in [-0.15, -0.1) is 5.10 Å². The number of aromatic nitrogens is 4. The number of carboxylic acid groups (broad SMARTS) is 1. The number of aliphatic imine (C=N–C) groups is 1. The number of benzene rings is 1. The first kappa shape index (κ1) is 19.6. The molecular weight excluding hydrogens is 451 g/mol. The van der Waals surface area contributed by atoms with E-state index in [0.29, 0.717) is 35.2 Å². The quantitative estimate of drug-likeness (QED) is 0.703. The number of nitrogens with zero attached hydrogens (tertiary/aromatic N) is 6. The molecule has 1 aromatic carbocycles. The molecule has 2 aliphatic rings. The molecule has 3 heterocycles. The number of carbonyl (C=O) groups is 1. The Kier molecular flexibility index (Phi) is 5.60. The molecule has 0 bridgehead atoms. The van der Waals surface area contributed by atoms with Crippen molar-refractivity contribution in [1.29, 1.82) is 0 Å². The second-order valence-electron chi connectivity index (χ2n) is 6.71. The van der Waals surface area contributed by atoms with Crippen LogP contribution in [0.15, 0.2) is 27.7 Å². The number of hydrogen-bond acceptors (Lipinski definition) is 8. The van der Waals surface area contributed by atoms with Gasteiger partial charge in [0.1, 0.15) is 30.8 Å². The molecule has 0 saturated carbocycles. The molecule has 2 aromatic rings. The summed E-state index contributed by atoms with van der Waals surface area (Å²) < 4.78 is 27.0. The minimum absolute atomic E-state index is 0.0370. The third kappa shape index (κ3) is 4.47. The van der Waals surface area contributed by atoms with Crippen LogP contribution < -0.4 is 4.74 Å². The number of hydrogen-bond donors (Lipinski definition) is 1. The lowest BCUT2D eigenvalue weighted by Crippen LogP contribution is -2.42. The highest BCUT2D eigenvalue weighted by atomic mass is 79.9. The SMILES string of the molecule is O=C(O)Cn1nnnc1C1COC(N2CCC(Oc3cc(F)ccc3Br)CC2)=N1. The van der Waals surface area contributed by atoms with Crippen LogP contribution in [0.1, 0.15) is 24.7 Å². The average Bonchev–Trinajstić information content (AvgIpc) is 3.34. The maximum Gasteiger partial charge on any atom is 0.325 e. The van der Waals surface area contributed by atoms with Crippen molar-refractivity contribution >= 4 is 27.9 Å². The van der Waals surface area contributed by atoms with E-state index in [1.807, 2.05) is 4.90 Å². The third-order valence-corrected chi connectivity index (χ3v) is 5.33. The van der Waals surface area contributed by atoms with Gasteiger partial charge in [-0.2, -0.15) is 0 Å². The predicted molar refractivity (Wildman–Crippen MR) is 101 cm³/mol. The summed E-state index contributed by atoms with van der Waals surface area (Å²) in [5.74, 6) is -0.529. The van der Waals surface area contributed by atoms with Crippen LogP contribution in [0.25, 0.3) is 0 Å². The van der Waals surface area contributed by atoms with Gasteiger partial charge in [-0.3, -0.25) is 4.79 Å². The van der Waals surface area contributed by atoms with Gasteiger partial charge >= 0.3 is 5.97 Å². The van der Waals surface area contributed by atoms with E-state index in [0.717, 1.165) is 12.8 Å². The maximum absolute atomic E-state index is 13.4. The van der Waals surface area contributed by atoms with Crippen LogP contribution in [0.3, 0.4) is 0 Å². The number of rotatable bonds is 5. The molecular formula is C17H18BrFN6O4. The van der Waals surface area contributed by atoms with Gasteiger partial charge < -0.3 is 19.5 Å². The van der Waals surface area contributed by atoms with Crippen molar-refractivity contribution in [3.05, 3.63) is 34.3 Å². The number of tetrazole rings is 1. The van der Waals surface area contributed by atoms with Crippen molar-refractivity contribution in [1.82, 2.24) is 25.1 Å². The molecule has 1 atom stereocenters. The van der Waals surface area contributed by atoms with Gasteiger partial charge in [0.2, 0.25) is 0 Å². The minimum Gasteiger partial charge on any atom is -0.489 e. The molecule has 12 heteroatoms. The number of carboxylic acids is 1. The Labute approximate surface area is 173 Å². The van der Waals surface area contributed by atoms with Crippen LogP contribution in [0.2, 0.25) is 0 Å². The van der Waals surface area contributed by atoms with Crippen LogP contribution in [-0.4, -0.2) is 68.0 Å². The minimum atomic E-state index is -1.03. The zero-order chi connectivity index (χ0) is 20.4. The van der Waals surface area contributed by atoms with Crippen molar-refractivity contribution < 1.29 is 23.8 Å². The fourth-order valence-corrected chi connectivity index (χ4v) is 3.61. The van der Waals surface area contributed by atoms with Gasteiger partial charge in [-0.05, 0) is 38.5 Å². The smallest absolute Gasteiger partial charge is 0.325 e. The molecule has 1 saturated heterocycles. The van der Waals surface area contributed by atoms with Gasteiger partial charge in [0, 0.05) is 32.0 Å². The molecule has 10 nitrogen and oxygen atoms in total. The fourth-order valence-electron chi connectivity index (χ4n) is 3.27. The Balaban J connectivity index is 1.35. The first-order valence-corrected chi connectivity index (χ1v) is 9.84. The summed E-state index contributed by atoms with van der Waals surface area (Å²) in [7, 11) is 0. The predicted octanol–water partition coefficient (Wildman–Crippen LogP) is 1.63. The molecule has 2 aliphatic heterocycles. The van der Waals surface area contributed by atoms with Crippen molar-refractivity contribution in [3.8, 4) is 5.75 Å². The lowest BCUT2D eigenvalue weighted by Gasteiger charge is -2.32. The van der Waals surface area contributed by atoms with E-state index in [2.05, 4.69) is 36.4 Å². The van der Waals surface area contributed by atoms with Gasteiger partial charge in [-0.25, -0.2) is 14.1 Å². The zero-order valence-electron chi connectivity index (χ0n) is 15.2. The van der Waals surface area contributed by atoms with E-state index in [1.165, 1.54) is 16.8 Å². The Hall–Kier alpha value is -2.76. The molecule has 29 heavy (non-hydrogen) atoms. The van der Waals surface area contributed by atoms with Crippen LogP contribution in [0, 0.1) is 5.82 Å². The molecule has 0 aliphatic carbocycles. The summed E-state index contributed by atoms with van der Waals surface area (Å²) >= 11 is 3.37. The summed E-state index contributed by atoms with van der Waals surface area (Å²) in [6.45, 7) is 1.26. The van der Waals surface area contributed by atoms with Gasteiger partial charge in [0.15, 0.2) is 11.9 Å². The molecule has 0 amide bonds. The third-order valence-electron chi connectivity index (χ3n) is 4.68. The van der Waals surface area contributed by atoms with Crippen molar-refractivity contribution in [3.63, 3.8) is 0 Å². The summed E-state index contributed by atoms with van der Waals surface area (Å²) in [6.07, 6.45) is 1.42. The molecule has 1 aromatic heterocycles. The fraction of sp³-hybridized carbons (Fsp3) is 0.471. The van der Waals surface area contributed by atoms with Crippen LogP contribution >= 0.6 is 15.9 Å². The largest absolute Gasteiger partial charge is 0.489 e. The highest BCUT2D eigenvalue weighted by molar-refractivity contribution is 9.10. The Morgan fingerprint density at radius 1 is 1.38 bits per heavy atom. The monoisotopic (exact) mass is 468 g/mol. The summed E-state index contributed by atoms with van der Waals surface area (Å²) in [4.78, 5) is 17.4. The molecule has 1 unspecified atom stereocenters. The van der Waals surface area contributed by atoms with E-state index in [-0.39, 0.29) is 25.1 Å². The first-order valence-electron chi connectivity index (χ1n) is 9.04. The molecule has 0 spiro atoms. The number of likely N-dealkylation sites (tertiary alicyclic amines) is 1. The Morgan fingerprint density at radius 3 is 2.93 bits per heavy atom. The molecule has 154 valence electrons. The van der Waals surface area contributed by atoms with Gasteiger partial charge in [0.25, 0.3) is 6.02 Å². The van der Waals surface area contributed by atoms with Gasteiger partial charge in [0.05, 0.1) is 4.47 Å². The summed E-state index contributed by atoms with van der Waals surface area (Å²) in [6, 6.07) is 4.41. The van der Waals surface area contributed by atoms with Crippen molar-refractivity contribution in [2.24, 2.45) is 4.99 Å². The van der Waals surface area contributed by atoms with Crippen molar-refractivity contribution in [2.75, 3.05) is 19.7 Å². The number of amidine groups is 1. The highest BCUT2D eigenvalue weighted by Gasteiger charge is 2.31. The highest BCUT2D eigenvalue weighted by Crippen LogP contribution is 2.29. The summed E-state index contributed by atoms with van der Waals surface area (Å²) in [5.41, 5.74) is 0. The molecule has 0 radical (unpaired) electrons. The van der Waals surface area contributed by atoms with Crippen LogP contribution in [-0.2, 0) is 16.1 Å². The normalized spacial score (nSPS) is 19.7. The van der Waals surface area contributed by atoms with E-state index < -0.39 is 12.0 Å². The molecule has 1 N–H and O–H groups in total. The van der Waals surface area contributed by atoms with Crippen LogP contribution in [0.5, 0.6) is 5.75 Å². The standard InChI is InChI=1S/C17H18BrFN6O4/c18-12-2-1-10(19)7-14(12)29-11-3-5-24(6-4-11)17-20-13(9-28-17)16-21-22-23-25(16)8-15(26)27/h1-2,7,11,13H,3-6,8-9H2,(H,26,27). The zero-order valence-corrected chi connectivity index (χ0v) is 16.8. The second-order valence-corrected chi connectivity index (χ2v) is 7.56. The van der Waals surface area contributed by atoms with Gasteiger partial charge in [-0.1, -0.05) is 0 Å². The van der Waals surface area contributed by atoms with E-state index in [9.17, 15) is 9.18 Å². The molecule has 1 fully saturated rings. The number of halogens is 2. The number of aliphatic carboxylic acids is 1. The lowest BCUT2D eigenvalue weighted by atomic mass is 10.1. The first-order chi connectivity index (χ1) is 14.0. The van der Waals surface area contributed by atoms with E-state index in [4.69, 9.17) is 14.6 Å².